The summed E-state index contributed by atoms with van der Waals surface area (Å²) < 4.78 is 25.6. The average Bonchev–Trinajstić information content (AvgIpc) is 2.94. The molecule has 1 atom stereocenters. The van der Waals surface area contributed by atoms with Gasteiger partial charge in [0.25, 0.3) is 11.8 Å². The minimum atomic E-state index is -0.966. The van der Waals surface area contributed by atoms with Gasteiger partial charge in [0.15, 0.2) is 12.8 Å². The molecule has 4 rings (SSSR count). The third kappa shape index (κ3) is 7.14. The quantitative estimate of drug-likeness (QED) is 0.388. The average molecular weight is 585 g/mol. The molecule has 0 fully saturated rings. The predicted molar refractivity (Wildman–Crippen MR) is 148 cm³/mol. The summed E-state index contributed by atoms with van der Waals surface area (Å²) in [6.07, 6.45) is 2.57. The van der Waals surface area contributed by atoms with E-state index in [0.717, 1.165) is 15.6 Å². The van der Waals surface area contributed by atoms with Crippen LogP contribution in [0.15, 0.2) is 66.7 Å². The maximum absolute atomic E-state index is 14.0. The molecule has 3 aromatic carbocycles. The molecule has 208 valence electrons. The molecular formula is C29H27Cl2FN4O4. The van der Waals surface area contributed by atoms with Crippen LogP contribution in [0.3, 0.4) is 0 Å². The summed E-state index contributed by atoms with van der Waals surface area (Å²) in [6.45, 7) is -0.123. The summed E-state index contributed by atoms with van der Waals surface area (Å²) in [5, 5.41) is 12.8. The number of benzene rings is 3. The van der Waals surface area contributed by atoms with Gasteiger partial charge in [0, 0.05) is 30.6 Å². The van der Waals surface area contributed by atoms with Crippen molar-refractivity contribution in [2.75, 3.05) is 26.8 Å². The minimum Gasteiger partial charge on any atom is -0.493 e. The lowest BCUT2D eigenvalue weighted by atomic mass is 10.0. The van der Waals surface area contributed by atoms with Gasteiger partial charge in [-0.1, -0.05) is 53.5 Å². The third-order valence-corrected chi connectivity index (χ3v) is 6.97. The smallest absolute Gasteiger partial charge is 0.264 e. The van der Waals surface area contributed by atoms with Gasteiger partial charge in [-0.25, -0.2) is 14.4 Å². The van der Waals surface area contributed by atoms with E-state index in [4.69, 9.17) is 32.7 Å². The lowest BCUT2D eigenvalue weighted by Gasteiger charge is -2.36. The van der Waals surface area contributed by atoms with Crippen molar-refractivity contribution >= 4 is 35.0 Å². The van der Waals surface area contributed by atoms with Crippen LogP contribution in [0.4, 0.5) is 4.39 Å². The number of hydrogen-bond donors (Lipinski definition) is 0. The molecule has 40 heavy (non-hydrogen) atoms. The first-order valence-electron chi connectivity index (χ1n) is 12.5. The van der Waals surface area contributed by atoms with Crippen LogP contribution < -0.4 is 9.47 Å². The Kier molecular flexibility index (Phi) is 9.70. The van der Waals surface area contributed by atoms with Crippen LogP contribution >= 0.6 is 23.2 Å². The Morgan fingerprint density at radius 1 is 1.15 bits per heavy atom. The first kappa shape index (κ1) is 29.0. The Labute approximate surface area is 242 Å². The fraction of sp³-hybridized carbons (Fsp3) is 0.276. The van der Waals surface area contributed by atoms with Crippen molar-refractivity contribution in [3.8, 4) is 17.7 Å². The second-order valence-electron chi connectivity index (χ2n) is 9.13. The van der Waals surface area contributed by atoms with Gasteiger partial charge in [-0.05, 0) is 48.4 Å². The Morgan fingerprint density at radius 3 is 2.65 bits per heavy atom. The van der Waals surface area contributed by atoms with Crippen LogP contribution in [-0.4, -0.2) is 59.6 Å². The van der Waals surface area contributed by atoms with E-state index in [9.17, 15) is 19.2 Å². The molecule has 0 aromatic heterocycles. The summed E-state index contributed by atoms with van der Waals surface area (Å²) in [5.41, 5.74) is 1.25. The maximum atomic E-state index is 14.0. The molecule has 11 heteroatoms. The number of hydrazine groups is 1. The Balaban J connectivity index is 1.66. The summed E-state index contributed by atoms with van der Waals surface area (Å²) in [4.78, 5) is 29.0. The Bertz CT molecular complexity index is 1400. The van der Waals surface area contributed by atoms with Crippen LogP contribution in [-0.2, 0) is 22.6 Å². The van der Waals surface area contributed by atoms with Crippen molar-refractivity contribution in [2.45, 2.75) is 25.4 Å². The van der Waals surface area contributed by atoms with Crippen molar-refractivity contribution in [1.82, 2.24) is 14.9 Å². The molecule has 1 aliphatic heterocycles. The van der Waals surface area contributed by atoms with E-state index in [0.29, 0.717) is 22.8 Å². The molecular weight excluding hydrogens is 558 g/mol. The molecule has 0 aliphatic carbocycles. The molecule has 8 nitrogen and oxygen atoms in total. The van der Waals surface area contributed by atoms with Crippen LogP contribution in [0, 0.1) is 17.3 Å². The van der Waals surface area contributed by atoms with E-state index in [1.165, 1.54) is 36.2 Å². The van der Waals surface area contributed by atoms with Gasteiger partial charge in [0.2, 0.25) is 0 Å². The normalized spacial score (nSPS) is 16.2. The van der Waals surface area contributed by atoms with Gasteiger partial charge in [-0.15, -0.1) is 0 Å². The highest BCUT2D eigenvalue weighted by molar-refractivity contribution is 6.35. The first-order chi connectivity index (χ1) is 19.3. The van der Waals surface area contributed by atoms with E-state index >= 15 is 0 Å². The molecule has 0 radical (unpaired) electrons. The van der Waals surface area contributed by atoms with Crippen molar-refractivity contribution in [3.05, 3.63) is 93.7 Å². The second-order valence-corrected chi connectivity index (χ2v) is 9.97. The zero-order chi connectivity index (χ0) is 28.6. The summed E-state index contributed by atoms with van der Waals surface area (Å²) in [6, 6.07) is 17.0. The Morgan fingerprint density at radius 2 is 1.93 bits per heavy atom. The van der Waals surface area contributed by atoms with Crippen LogP contribution in [0.1, 0.15) is 17.5 Å². The topological polar surface area (TPSA) is 86.1 Å². The molecule has 1 heterocycles. The highest BCUT2D eigenvalue weighted by atomic mass is 35.5. The molecule has 0 saturated heterocycles. The van der Waals surface area contributed by atoms with Gasteiger partial charge in [0.1, 0.15) is 23.4 Å². The number of hydrogen-bond acceptors (Lipinski definition) is 6. The fourth-order valence-corrected chi connectivity index (χ4v) is 4.83. The molecule has 3 aromatic rings. The van der Waals surface area contributed by atoms with Crippen LogP contribution in [0.5, 0.6) is 11.5 Å². The highest BCUT2D eigenvalue weighted by Crippen LogP contribution is 2.28. The molecule has 0 bridgehead atoms. The lowest BCUT2D eigenvalue weighted by molar-refractivity contribution is -0.154. The number of halogens is 3. The summed E-state index contributed by atoms with van der Waals surface area (Å²) in [5.74, 6) is -0.748. The number of fused-ring (bicyclic) bond motifs is 1. The Hall–Kier alpha value is -4.00. The van der Waals surface area contributed by atoms with E-state index in [1.807, 2.05) is 36.5 Å². The monoisotopic (exact) mass is 584 g/mol. The van der Waals surface area contributed by atoms with Crippen molar-refractivity contribution in [1.29, 1.82) is 5.26 Å². The number of ether oxygens (including phenoxy) is 2. The third-order valence-electron chi connectivity index (χ3n) is 6.44. The number of nitrogens with zero attached hydrogens (tertiary/aromatic N) is 4. The van der Waals surface area contributed by atoms with Crippen LogP contribution in [0.2, 0.25) is 10.0 Å². The van der Waals surface area contributed by atoms with Crippen molar-refractivity contribution in [2.24, 2.45) is 0 Å². The van der Waals surface area contributed by atoms with E-state index in [-0.39, 0.29) is 43.5 Å². The number of carbonyl (C=O) groups is 2. The highest BCUT2D eigenvalue weighted by Gasteiger charge is 2.34. The van der Waals surface area contributed by atoms with Gasteiger partial charge in [-0.3, -0.25) is 9.59 Å². The number of carbonyl (C=O) groups excluding carboxylic acids is 2. The predicted octanol–water partition coefficient (Wildman–Crippen LogP) is 5.09. The number of rotatable bonds is 5. The van der Waals surface area contributed by atoms with E-state index < -0.39 is 23.7 Å². The van der Waals surface area contributed by atoms with Gasteiger partial charge in [-0.2, -0.15) is 5.26 Å². The largest absolute Gasteiger partial charge is 0.493 e. The fourth-order valence-electron chi connectivity index (χ4n) is 4.37. The maximum Gasteiger partial charge on any atom is 0.264 e. The van der Waals surface area contributed by atoms with Gasteiger partial charge in [0.05, 0.1) is 18.2 Å². The molecule has 0 spiro atoms. The zero-order valence-corrected chi connectivity index (χ0v) is 23.2. The van der Waals surface area contributed by atoms with Gasteiger partial charge >= 0.3 is 0 Å². The molecule has 2 amide bonds. The molecule has 1 aliphatic rings. The van der Waals surface area contributed by atoms with Gasteiger partial charge < -0.3 is 14.4 Å². The zero-order valence-electron chi connectivity index (χ0n) is 21.7. The van der Waals surface area contributed by atoms with Crippen LogP contribution in [0.25, 0.3) is 0 Å². The summed E-state index contributed by atoms with van der Waals surface area (Å²) >= 11 is 12.2. The number of amides is 2. The number of nitriles is 1. The summed E-state index contributed by atoms with van der Waals surface area (Å²) in [7, 11) is 1.45. The van der Waals surface area contributed by atoms with Crippen molar-refractivity contribution < 1.29 is 23.5 Å². The second kappa shape index (κ2) is 13.4. The lowest BCUT2D eigenvalue weighted by Crippen LogP contribution is -2.55. The number of likely N-dealkylation sites (N-methyl/N-ethyl adjacent to an activating group) is 1. The van der Waals surface area contributed by atoms with Crippen molar-refractivity contribution in [3.63, 3.8) is 0 Å². The van der Waals surface area contributed by atoms with E-state index in [1.54, 1.807) is 12.1 Å². The SMILES string of the molecule is CN1C(=O)[C@H](Cc2ccccc2)N(C(=O)COc2ccc(Cl)cc2Cl)CCCOc2ccc(F)cc2CN1C#N. The molecule has 0 N–H and O–H groups in total. The minimum absolute atomic E-state index is 0.101. The standard InChI is InChI=1S/C29H27Cl2FN4O4/c1-34-29(38)25(14-20-6-3-2-4-7-20)36(28(37)18-40-27-10-8-22(30)16-24(27)31)12-5-13-39-26-11-9-23(32)15-21(26)17-35(34)19-33/h2-4,6-11,15-16,25H,5,12-14,17-18H2,1H3/t25-/m0/s1. The molecule has 0 saturated carbocycles. The van der Waals surface area contributed by atoms with E-state index in [2.05, 4.69) is 0 Å². The first-order valence-corrected chi connectivity index (χ1v) is 13.3. The molecule has 0 unspecified atom stereocenters.